The molecular formula is C12H25O3Zr. The van der Waals surface area contributed by atoms with Crippen LogP contribution in [0.1, 0.15) is 59.3 Å². The van der Waals surface area contributed by atoms with Crippen molar-refractivity contribution in [3.8, 4) is 0 Å². The Balaban J connectivity index is 4.09. The Morgan fingerprint density at radius 1 is 0.875 bits per heavy atom. The monoisotopic (exact) mass is 307 g/mol. The predicted molar refractivity (Wildman–Crippen MR) is 60.4 cm³/mol. The van der Waals surface area contributed by atoms with Crippen LogP contribution < -0.4 is 0 Å². The Bertz CT molecular complexity index is 143. The van der Waals surface area contributed by atoms with Crippen molar-refractivity contribution < 1.29 is 37.4 Å². The van der Waals surface area contributed by atoms with Crippen molar-refractivity contribution in [2.45, 2.75) is 65.3 Å². The van der Waals surface area contributed by atoms with E-state index in [4.69, 9.17) is 12.3 Å². The Kier molecular flexibility index (Phi) is 11.4. The SMILES string of the molecule is CCCCOC(CCC)([O][Zr])OCCCC. The molecule has 0 heterocycles. The van der Waals surface area contributed by atoms with E-state index in [9.17, 15) is 0 Å². The molecule has 0 atom stereocenters. The van der Waals surface area contributed by atoms with Crippen molar-refractivity contribution in [3.05, 3.63) is 0 Å². The summed E-state index contributed by atoms with van der Waals surface area (Å²) in [5.41, 5.74) is 0. The predicted octanol–water partition coefficient (Wildman–Crippen LogP) is 3.55. The van der Waals surface area contributed by atoms with Crippen LogP contribution >= 0.6 is 0 Å². The minimum atomic E-state index is -0.766. The van der Waals surface area contributed by atoms with Crippen LogP contribution in [0.5, 0.6) is 0 Å². The van der Waals surface area contributed by atoms with Gasteiger partial charge in [-0.1, -0.05) is 0 Å². The second-order valence-corrected chi connectivity index (χ2v) is 4.44. The van der Waals surface area contributed by atoms with Crippen molar-refractivity contribution in [1.82, 2.24) is 0 Å². The Labute approximate surface area is 116 Å². The van der Waals surface area contributed by atoms with E-state index in [1.807, 2.05) is 0 Å². The maximum absolute atomic E-state index is 5.78. The molecule has 0 aliphatic rings. The molecule has 0 aliphatic heterocycles. The van der Waals surface area contributed by atoms with Crippen LogP contribution in [-0.2, 0) is 37.4 Å². The van der Waals surface area contributed by atoms with Crippen molar-refractivity contribution in [1.29, 1.82) is 0 Å². The summed E-state index contributed by atoms with van der Waals surface area (Å²) in [6.45, 7) is 7.87. The maximum atomic E-state index is 5.78. The summed E-state index contributed by atoms with van der Waals surface area (Å²) in [6.07, 6.45) is 6.20. The second kappa shape index (κ2) is 10.9. The molecule has 0 saturated heterocycles. The van der Waals surface area contributed by atoms with Gasteiger partial charge in [0.25, 0.3) is 0 Å². The van der Waals surface area contributed by atoms with E-state index in [1.165, 1.54) is 0 Å². The normalized spacial score (nSPS) is 11.9. The van der Waals surface area contributed by atoms with Crippen molar-refractivity contribution in [2.24, 2.45) is 0 Å². The van der Waals surface area contributed by atoms with E-state index in [2.05, 4.69) is 20.8 Å². The van der Waals surface area contributed by atoms with Gasteiger partial charge < -0.3 is 0 Å². The molecule has 16 heavy (non-hydrogen) atoms. The summed E-state index contributed by atoms with van der Waals surface area (Å²) in [4.78, 5) is 0. The van der Waals surface area contributed by atoms with Crippen molar-refractivity contribution >= 4 is 0 Å². The summed E-state index contributed by atoms with van der Waals surface area (Å²) in [5.74, 6) is -0.766. The molecule has 0 aliphatic carbocycles. The topological polar surface area (TPSA) is 27.7 Å². The molecule has 0 aromatic carbocycles. The van der Waals surface area contributed by atoms with Gasteiger partial charge in [0.15, 0.2) is 0 Å². The number of unbranched alkanes of at least 4 members (excludes halogenated alkanes) is 2. The van der Waals surface area contributed by atoms with E-state index in [-0.39, 0.29) is 0 Å². The molecule has 0 bridgehead atoms. The van der Waals surface area contributed by atoms with Gasteiger partial charge in [0.2, 0.25) is 0 Å². The third kappa shape index (κ3) is 7.16. The van der Waals surface area contributed by atoms with E-state index in [1.54, 1.807) is 0 Å². The summed E-state index contributed by atoms with van der Waals surface area (Å²) in [6, 6.07) is 0. The van der Waals surface area contributed by atoms with Gasteiger partial charge in [0.05, 0.1) is 0 Å². The molecule has 0 saturated carbocycles. The summed E-state index contributed by atoms with van der Waals surface area (Å²) in [5, 5.41) is 0. The van der Waals surface area contributed by atoms with Crippen molar-refractivity contribution in [2.75, 3.05) is 13.2 Å². The first-order valence-corrected chi connectivity index (χ1v) is 7.37. The summed E-state index contributed by atoms with van der Waals surface area (Å²) in [7, 11) is 0. The zero-order valence-electron chi connectivity index (χ0n) is 10.9. The van der Waals surface area contributed by atoms with Gasteiger partial charge in [-0.3, -0.25) is 0 Å². The Morgan fingerprint density at radius 2 is 1.38 bits per heavy atom. The first-order chi connectivity index (χ1) is 7.74. The van der Waals surface area contributed by atoms with E-state index < -0.39 is 5.97 Å². The average Bonchev–Trinajstić information content (AvgIpc) is 2.29. The third-order valence-corrected chi connectivity index (χ3v) is 3.12. The molecule has 0 N–H and O–H groups in total. The molecule has 0 aromatic heterocycles. The Morgan fingerprint density at radius 3 is 1.69 bits per heavy atom. The van der Waals surface area contributed by atoms with Crippen LogP contribution in [0.4, 0.5) is 0 Å². The molecule has 0 rings (SSSR count). The number of ether oxygens (including phenoxy) is 2. The standard InChI is InChI=1S/C12H25O3.Zr/c1-4-7-10-14-12(13,9-6-3)15-11-8-5-2;/h4-11H2,1-3H3;/q-1;+1. The van der Waals surface area contributed by atoms with Gasteiger partial charge in [0, 0.05) is 0 Å². The van der Waals surface area contributed by atoms with Crippen LogP contribution in [0.3, 0.4) is 0 Å². The third-order valence-electron chi connectivity index (χ3n) is 2.35. The van der Waals surface area contributed by atoms with Gasteiger partial charge in [-0.2, -0.15) is 0 Å². The molecule has 0 amide bonds. The van der Waals surface area contributed by atoms with Gasteiger partial charge in [0.1, 0.15) is 0 Å². The van der Waals surface area contributed by atoms with Crippen molar-refractivity contribution in [3.63, 3.8) is 0 Å². The van der Waals surface area contributed by atoms with Crippen LogP contribution in [0.15, 0.2) is 0 Å². The van der Waals surface area contributed by atoms with Crippen LogP contribution in [0.2, 0.25) is 0 Å². The fraction of sp³-hybridized carbons (Fsp3) is 1.00. The zero-order valence-corrected chi connectivity index (χ0v) is 13.3. The Hall–Kier alpha value is 0.763. The first kappa shape index (κ1) is 16.8. The number of hydrogen-bond donors (Lipinski definition) is 0. The summed E-state index contributed by atoms with van der Waals surface area (Å²) < 4.78 is 17.1. The van der Waals surface area contributed by atoms with Gasteiger partial charge in [-0.25, -0.2) is 0 Å². The van der Waals surface area contributed by atoms with E-state index in [0.717, 1.165) is 76.9 Å². The summed E-state index contributed by atoms with van der Waals surface area (Å²) >= 11 is 1.00. The molecule has 0 unspecified atom stereocenters. The van der Waals surface area contributed by atoms with Crippen LogP contribution in [0, 0.1) is 0 Å². The average molecular weight is 309 g/mol. The molecular weight excluding hydrogens is 283 g/mol. The van der Waals surface area contributed by atoms with Crippen LogP contribution in [-0.4, -0.2) is 19.2 Å². The van der Waals surface area contributed by atoms with Gasteiger partial charge in [-0.05, 0) is 0 Å². The number of rotatable bonds is 11. The van der Waals surface area contributed by atoms with Gasteiger partial charge in [-0.15, -0.1) is 0 Å². The van der Waals surface area contributed by atoms with Gasteiger partial charge >= 0.3 is 116 Å². The molecule has 4 heteroatoms. The molecule has 0 radical (unpaired) electrons. The first-order valence-electron chi connectivity index (χ1n) is 6.37. The number of hydrogen-bond acceptors (Lipinski definition) is 3. The fourth-order valence-corrected chi connectivity index (χ4v) is 1.89. The molecule has 0 fully saturated rings. The molecule has 3 nitrogen and oxygen atoms in total. The fourth-order valence-electron chi connectivity index (χ4n) is 1.35. The molecule has 0 spiro atoms. The quantitative estimate of drug-likeness (QED) is 0.431. The second-order valence-electron chi connectivity index (χ2n) is 3.94. The molecule has 95 valence electrons. The van der Waals surface area contributed by atoms with Crippen LogP contribution in [0.25, 0.3) is 0 Å². The van der Waals surface area contributed by atoms with E-state index in [0.29, 0.717) is 0 Å². The minimum absolute atomic E-state index is 0.719. The molecule has 0 aromatic rings. The zero-order chi connectivity index (χ0) is 12.3. The van der Waals surface area contributed by atoms with E-state index >= 15 is 0 Å².